The van der Waals surface area contributed by atoms with E-state index in [0.29, 0.717) is 42.7 Å². The zero-order valence-corrected chi connectivity index (χ0v) is 12.8. The number of carbonyl (C=O) groups is 1. The molecule has 1 aliphatic rings. The molecule has 0 saturated carbocycles. The second-order valence-electron chi connectivity index (χ2n) is 4.86. The van der Waals surface area contributed by atoms with Crippen LogP contribution in [-0.2, 0) is 6.42 Å². The summed E-state index contributed by atoms with van der Waals surface area (Å²) in [6, 6.07) is 3.00. The summed E-state index contributed by atoms with van der Waals surface area (Å²) in [6.45, 7) is 0.630. The van der Waals surface area contributed by atoms with Gasteiger partial charge in [-0.3, -0.25) is 0 Å². The van der Waals surface area contributed by atoms with E-state index in [4.69, 9.17) is 21.1 Å². The number of amides is 2. The molecule has 0 unspecified atom stereocenters. The Morgan fingerprint density at radius 3 is 2.86 bits per heavy atom. The highest BCUT2D eigenvalue weighted by molar-refractivity contribution is 6.32. The van der Waals surface area contributed by atoms with E-state index in [1.165, 1.54) is 7.05 Å². The molecule has 0 bridgehead atoms. The Labute approximate surface area is 132 Å². The normalized spacial score (nSPS) is 13.1. The topological polar surface area (TPSA) is 50.8 Å². The van der Waals surface area contributed by atoms with Gasteiger partial charge < -0.3 is 19.7 Å². The third-order valence-electron chi connectivity index (χ3n) is 3.11. The summed E-state index contributed by atoms with van der Waals surface area (Å²) < 4.78 is 35.2. The zero-order chi connectivity index (χ0) is 16.1. The van der Waals surface area contributed by atoms with Crippen LogP contribution in [0.4, 0.5) is 13.6 Å². The van der Waals surface area contributed by atoms with E-state index in [0.717, 1.165) is 10.5 Å². The van der Waals surface area contributed by atoms with E-state index >= 15 is 0 Å². The molecule has 0 aromatic heterocycles. The molecule has 1 aliphatic heterocycles. The average molecular weight is 335 g/mol. The van der Waals surface area contributed by atoms with Crippen LogP contribution < -0.4 is 14.8 Å². The van der Waals surface area contributed by atoms with Gasteiger partial charge >= 0.3 is 6.03 Å². The molecule has 5 nitrogen and oxygen atoms in total. The molecular formula is C14H17ClF2N2O3. The fraction of sp³-hybridized carbons (Fsp3) is 0.500. The van der Waals surface area contributed by atoms with E-state index < -0.39 is 19.0 Å². The van der Waals surface area contributed by atoms with Crippen LogP contribution in [0.25, 0.3) is 0 Å². The molecule has 0 aliphatic carbocycles. The maximum Gasteiger partial charge on any atom is 0.317 e. The highest BCUT2D eigenvalue weighted by Gasteiger charge is 2.17. The lowest BCUT2D eigenvalue weighted by Crippen LogP contribution is -2.40. The molecule has 122 valence electrons. The maximum absolute atomic E-state index is 12.2. The van der Waals surface area contributed by atoms with Crippen LogP contribution in [0.3, 0.4) is 0 Å². The molecule has 0 radical (unpaired) electrons. The Morgan fingerprint density at radius 2 is 2.14 bits per heavy atom. The van der Waals surface area contributed by atoms with E-state index in [1.807, 2.05) is 0 Å². The number of halogens is 3. The lowest BCUT2D eigenvalue weighted by Gasteiger charge is -2.20. The second-order valence-corrected chi connectivity index (χ2v) is 5.26. The fourth-order valence-corrected chi connectivity index (χ4v) is 2.34. The first-order valence-corrected chi connectivity index (χ1v) is 7.20. The molecule has 22 heavy (non-hydrogen) atoms. The van der Waals surface area contributed by atoms with Crippen molar-refractivity contribution in [1.82, 2.24) is 10.2 Å². The first kappa shape index (κ1) is 16.6. The van der Waals surface area contributed by atoms with E-state index in [2.05, 4.69) is 5.32 Å². The lowest BCUT2D eigenvalue weighted by atomic mass is 10.1. The lowest BCUT2D eigenvalue weighted by molar-refractivity contribution is 0.108. The quantitative estimate of drug-likeness (QED) is 0.900. The van der Waals surface area contributed by atoms with Gasteiger partial charge in [0.05, 0.1) is 11.6 Å². The molecule has 1 N–H and O–H groups in total. The van der Waals surface area contributed by atoms with Crippen LogP contribution in [0.1, 0.15) is 5.56 Å². The number of alkyl halides is 2. The smallest absolute Gasteiger partial charge is 0.317 e. The van der Waals surface area contributed by atoms with Gasteiger partial charge in [0.1, 0.15) is 13.2 Å². The minimum absolute atomic E-state index is 0.308. The number of ether oxygens (including phenoxy) is 2. The number of nitrogens with one attached hydrogen (secondary N) is 1. The van der Waals surface area contributed by atoms with Crippen molar-refractivity contribution in [2.45, 2.75) is 12.8 Å². The molecule has 0 spiro atoms. The minimum Gasteiger partial charge on any atom is -0.486 e. The van der Waals surface area contributed by atoms with Gasteiger partial charge in [0, 0.05) is 13.6 Å². The Morgan fingerprint density at radius 1 is 1.41 bits per heavy atom. The van der Waals surface area contributed by atoms with Gasteiger partial charge in [0.2, 0.25) is 0 Å². The van der Waals surface area contributed by atoms with Gasteiger partial charge in [-0.25, -0.2) is 13.6 Å². The summed E-state index contributed by atoms with van der Waals surface area (Å²) in [5.41, 5.74) is 0.867. The van der Waals surface area contributed by atoms with Crippen LogP contribution in [0.2, 0.25) is 5.02 Å². The van der Waals surface area contributed by atoms with Crippen LogP contribution >= 0.6 is 11.6 Å². The Hall–Kier alpha value is -1.76. The number of carbonyl (C=O) groups excluding carboxylic acids is 1. The molecule has 1 heterocycles. The van der Waals surface area contributed by atoms with Gasteiger partial charge in [-0.2, -0.15) is 0 Å². The predicted octanol–water partition coefficient (Wildman–Crippen LogP) is 2.56. The summed E-state index contributed by atoms with van der Waals surface area (Å²) in [5.74, 6) is 1.10. The number of rotatable bonds is 5. The second kappa shape index (κ2) is 7.49. The maximum atomic E-state index is 12.2. The summed E-state index contributed by atoms with van der Waals surface area (Å²) >= 11 is 6.11. The van der Waals surface area contributed by atoms with Crippen molar-refractivity contribution in [3.05, 3.63) is 22.7 Å². The van der Waals surface area contributed by atoms with Crippen molar-refractivity contribution in [1.29, 1.82) is 0 Å². The van der Waals surface area contributed by atoms with E-state index in [-0.39, 0.29) is 0 Å². The van der Waals surface area contributed by atoms with Crippen molar-refractivity contribution in [2.24, 2.45) is 0 Å². The van der Waals surface area contributed by atoms with Crippen LogP contribution in [0, 0.1) is 0 Å². The molecular weight excluding hydrogens is 318 g/mol. The third-order valence-corrected chi connectivity index (χ3v) is 3.39. The molecule has 2 amide bonds. The first-order valence-electron chi connectivity index (χ1n) is 6.82. The van der Waals surface area contributed by atoms with Gasteiger partial charge in [-0.05, 0) is 24.1 Å². The molecule has 0 fully saturated rings. The highest BCUT2D eigenvalue weighted by Crippen LogP contribution is 2.38. The average Bonchev–Trinajstić information content (AvgIpc) is 2.46. The fourth-order valence-electron chi connectivity index (χ4n) is 2.05. The summed E-state index contributed by atoms with van der Waals surface area (Å²) in [4.78, 5) is 12.5. The molecule has 1 aromatic rings. The Bertz CT molecular complexity index is 543. The molecule has 0 saturated heterocycles. The van der Waals surface area contributed by atoms with Crippen LogP contribution in [0.5, 0.6) is 11.5 Å². The van der Waals surface area contributed by atoms with E-state index in [9.17, 15) is 13.6 Å². The molecule has 2 rings (SSSR count). The third kappa shape index (κ3) is 4.37. The Kier molecular flexibility index (Phi) is 5.65. The van der Waals surface area contributed by atoms with Crippen molar-refractivity contribution in [3.63, 3.8) is 0 Å². The largest absolute Gasteiger partial charge is 0.486 e. The number of nitrogens with zero attached hydrogens (tertiary/aromatic N) is 1. The van der Waals surface area contributed by atoms with Gasteiger partial charge in [0.25, 0.3) is 6.43 Å². The highest BCUT2D eigenvalue weighted by atomic mass is 35.5. The van der Waals surface area contributed by atoms with E-state index in [1.54, 1.807) is 12.1 Å². The number of benzene rings is 1. The van der Waals surface area contributed by atoms with Gasteiger partial charge in [-0.15, -0.1) is 0 Å². The number of fused-ring (bicyclic) bond motifs is 1. The van der Waals surface area contributed by atoms with Gasteiger partial charge in [-0.1, -0.05) is 11.6 Å². The first-order chi connectivity index (χ1) is 10.5. The standard InChI is InChI=1S/C14H17ClF2N2O3/c1-19(8-12(16)17)14(20)18-3-2-9-6-10(15)13-11(7-9)21-4-5-22-13/h6-7,12H,2-5,8H2,1H3,(H,18,20). The number of urea groups is 1. The van der Waals surface area contributed by atoms with Crippen LogP contribution in [-0.4, -0.2) is 50.7 Å². The van der Waals surface area contributed by atoms with Gasteiger partial charge in [0.15, 0.2) is 11.5 Å². The number of hydrogen-bond acceptors (Lipinski definition) is 3. The zero-order valence-electron chi connectivity index (χ0n) is 12.1. The van der Waals surface area contributed by atoms with Crippen molar-refractivity contribution >= 4 is 17.6 Å². The summed E-state index contributed by atoms with van der Waals surface area (Å²) in [6.07, 6.45) is -2.04. The number of hydrogen-bond donors (Lipinski definition) is 1. The minimum atomic E-state index is -2.55. The molecule has 8 heteroatoms. The van der Waals surface area contributed by atoms with Crippen molar-refractivity contribution in [2.75, 3.05) is 33.4 Å². The predicted molar refractivity (Wildman–Crippen MR) is 78.2 cm³/mol. The molecule has 0 atom stereocenters. The monoisotopic (exact) mass is 334 g/mol. The summed E-state index contributed by atoms with van der Waals surface area (Å²) in [5, 5.41) is 3.03. The molecule has 1 aromatic carbocycles. The SMILES string of the molecule is CN(CC(F)F)C(=O)NCCc1cc(Cl)c2c(c1)OCCO2. The Balaban J connectivity index is 1.87. The van der Waals surface area contributed by atoms with Crippen LogP contribution in [0.15, 0.2) is 12.1 Å². The van der Waals surface area contributed by atoms with Crippen molar-refractivity contribution in [3.8, 4) is 11.5 Å². The van der Waals surface area contributed by atoms with Crippen molar-refractivity contribution < 1.29 is 23.0 Å². The summed E-state index contributed by atoms with van der Waals surface area (Å²) in [7, 11) is 1.32.